The van der Waals surface area contributed by atoms with Crippen LogP contribution in [0, 0.1) is 0 Å². The summed E-state index contributed by atoms with van der Waals surface area (Å²) < 4.78 is 32.0. The Kier molecular flexibility index (Phi) is 7.83. The van der Waals surface area contributed by atoms with Crippen molar-refractivity contribution in [2.24, 2.45) is 5.10 Å². The molecule has 1 aliphatic rings. The lowest BCUT2D eigenvalue weighted by molar-refractivity contribution is -0.114. The number of carbonyl (C=O) groups is 1. The molecule has 1 N–H and O–H groups in total. The first kappa shape index (κ1) is 25.1. The van der Waals surface area contributed by atoms with Gasteiger partial charge in [0, 0.05) is 32.2 Å². The van der Waals surface area contributed by atoms with Gasteiger partial charge in [-0.25, -0.2) is 0 Å². The second-order valence-electron chi connectivity index (χ2n) is 7.46. The van der Waals surface area contributed by atoms with Gasteiger partial charge in [-0.3, -0.25) is 14.3 Å². The van der Waals surface area contributed by atoms with Gasteiger partial charge in [0.05, 0.1) is 26.9 Å². The summed E-state index contributed by atoms with van der Waals surface area (Å²) in [6, 6.07) is 16.9. The van der Waals surface area contributed by atoms with Crippen molar-refractivity contribution in [3.05, 3.63) is 89.2 Å². The van der Waals surface area contributed by atoms with Crippen molar-refractivity contribution in [3.8, 4) is 0 Å². The molecule has 1 aliphatic heterocycles. The highest BCUT2D eigenvalue weighted by Crippen LogP contribution is 2.33. The van der Waals surface area contributed by atoms with E-state index in [0.717, 1.165) is 28.4 Å². The van der Waals surface area contributed by atoms with Gasteiger partial charge in [0.1, 0.15) is 0 Å². The summed E-state index contributed by atoms with van der Waals surface area (Å²) in [5, 5.41) is 5.38. The molecule has 4 rings (SSSR count). The van der Waals surface area contributed by atoms with Gasteiger partial charge in [-0.15, -0.1) is 0 Å². The number of benzene rings is 2. The molecule has 0 radical (unpaired) electrons. The third-order valence-corrected chi connectivity index (χ3v) is 5.96. The number of hydrogen-bond donors (Lipinski definition) is 1. The van der Waals surface area contributed by atoms with Gasteiger partial charge in [-0.05, 0) is 61.0 Å². The molecule has 176 valence electrons. The molecular weight excluding hydrogens is 476 g/mol. The average Bonchev–Trinajstić information content (AvgIpc) is 3.08. The zero-order valence-corrected chi connectivity index (χ0v) is 20.3. The highest BCUT2D eigenvalue weighted by Gasteiger charge is 2.30. The van der Waals surface area contributed by atoms with Crippen LogP contribution in [0.3, 0.4) is 0 Å². The van der Waals surface area contributed by atoms with Gasteiger partial charge in [0.25, 0.3) is 16.0 Å². The summed E-state index contributed by atoms with van der Waals surface area (Å²) in [6.45, 7) is 1.68. The SMILES string of the molecule is CC1=NN(c2cc(S(=O)(=O)O)ccc2Cl)C(=O)C1=Cc1ccc(N(C)C)cc1.c1ccncc1. The summed E-state index contributed by atoms with van der Waals surface area (Å²) in [7, 11) is -0.564. The molecule has 0 fully saturated rings. The Morgan fingerprint density at radius 2 is 1.68 bits per heavy atom. The maximum atomic E-state index is 12.9. The van der Waals surface area contributed by atoms with Crippen molar-refractivity contribution >= 4 is 50.8 Å². The molecule has 3 aromatic rings. The zero-order chi connectivity index (χ0) is 24.9. The maximum absolute atomic E-state index is 12.9. The molecule has 1 amide bonds. The molecule has 1 aromatic heterocycles. The predicted octanol–water partition coefficient (Wildman–Crippen LogP) is 4.54. The Labute approximate surface area is 203 Å². The molecule has 34 heavy (non-hydrogen) atoms. The molecular formula is C24H23ClN4O4S. The Morgan fingerprint density at radius 1 is 1.03 bits per heavy atom. The van der Waals surface area contributed by atoms with Crippen molar-refractivity contribution in [1.82, 2.24) is 4.98 Å². The summed E-state index contributed by atoms with van der Waals surface area (Å²) in [4.78, 5) is 18.3. The van der Waals surface area contributed by atoms with Crippen LogP contribution in [-0.2, 0) is 14.9 Å². The molecule has 0 unspecified atom stereocenters. The van der Waals surface area contributed by atoms with E-state index in [1.165, 1.54) is 6.07 Å². The number of nitrogens with zero attached hydrogens (tertiary/aromatic N) is 4. The Hall–Kier alpha value is -3.53. The lowest BCUT2D eigenvalue weighted by Crippen LogP contribution is -2.22. The van der Waals surface area contributed by atoms with Crippen LogP contribution in [-0.4, -0.2) is 43.7 Å². The third-order valence-electron chi connectivity index (χ3n) is 4.79. The lowest BCUT2D eigenvalue weighted by Gasteiger charge is -2.14. The predicted molar refractivity (Wildman–Crippen MR) is 135 cm³/mol. The third kappa shape index (κ3) is 6.07. The largest absolute Gasteiger partial charge is 0.378 e. The minimum Gasteiger partial charge on any atom is -0.378 e. The standard InChI is InChI=1S/C19H18ClN3O4S.C5H5N/c1-12-16(10-13-4-6-14(7-5-13)22(2)3)19(24)23(21-12)18-11-15(28(25,26)27)8-9-17(18)20;1-2-4-6-5-3-1/h4-11H,1-3H3,(H,25,26,27);1-5H. The number of hydrazone groups is 1. The highest BCUT2D eigenvalue weighted by atomic mass is 35.5. The Morgan fingerprint density at radius 3 is 2.18 bits per heavy atom. The van der Waals surface area contributed by atoms with Gasteiger partial charge in [0.15, 0.2) is 0 Å². The van der Waals surface area contributed by atoms with Crippen LogP contribution in [0.15, 0.2) is 88.6 Å². The lowest BCUT2D eigenvalue weighted by atomic mass is 10.1. The quantitative estimate of drug-likeness (QED) is 0.418. The number of carbonyl (C=O) groups excluding carboxylic acids is 1. The van der Waals surface area contributed by atoms with Crippen LogP contribution in [0.5, 0.6) is 0 Å². The zero-order valence-electron chi connectivity index (χ0n) is 18.8. The Balaban J connectivity index is 0.000000469. The Bertz CT molecular complexity index is 1310. The fourth-order valence-corrected chi connectivity index (χ4v) is 3.71. The van der Waals surface area contributed by atoms with E-state index in [9.17, 15) is 17.8 Å². The monoisotopic (exact) mass is 498 g/mol. The van der Waals surface area contributed by atoms with E-state index in [2.05, 4.69) is 10.1 Å². The van der Waals surface area contributed by atoms with E-state index in [4.69, 9.17) is 11.6 Å². The average molecular weight is 499 g/mol. The summed E-state index contributed by atoms with van der Waals surface area (Å²) in [5.41, 5.74) is 2.76. The topological polar surface area (TPSA) is 103 Å². The van der Waals surface area contributed by atoms with Crippen molar-refractivity contribution in [3.63, 3.8) is 0 Å². The molecule has 0 saturated carbocycles. The number of pyridine rings is 1. The van der Waals surface area contributed by atoms with Gasteiger partial charge in [-0.2, -0.15) is 18.5 Å². The summed E-state index contributed by atoms with van der Waals surface area (Å²) >= 11 is 6.13. The van der Waals surface area contributed by atoms with E-state index >= 15 is 0 Å². The smallest absolute Gasteiger partial charge is 0.294 e. The van der Waals surface area contributed by atoms with Crippen LogP contribution in [0.25, 0.3) is 6.08 Å². The van der Waals surface area contributed by atoms with Crippen LogP contribution in [0.1, 0.15) is 12.5 Å². The summed E-state index contributed by atoms with van der Waals surface area (Å²) in [5.74, 6) is -0.441. The molecule has 2 aromatic carbocycles. The van der Waals surface area contributed by atoms with E-state index in [1.807, 2.05) is 61.5 Å². The van der Waals surface area contributed by atoms with Crippen molar-refractivity contribution in [2.45, 2.75) is 11.8 Å². The van der Waals surface area contributed by atoms with Crippen molar-refractivity contribution in [1.29, 1.82) is 0 Å². The van der Waals surface area contributed by atoms with Gasteiger partial charge in [0.2, 0.25) is 0 Å². The second kappa shape index (κ2) is 10.6. The fourth-order valence-electron chi connectivity index (χ4n) is 3.01. The highest BCUT2D eigenvalue weighted by molar-refractivity contribution is 7.85. The first-order valence-electron chi connectivity index (χ1n) is 10.1. The van der Waals surface area contributed by atoms with Crippen LogP contribution < -0.4 is 9.91 Å². The molecule has 0 saturated heterocycles. The fraction of sp³-hybridized carbons (Fsp3) is 0.125. The maximum Gasteiger partial charge on any atom is 0.294 e. The van der Waals surface area contributed by atoms with Crippen LogP contribution in [0.2, 0.25) is 5.02 Å². The molecule has 0 spiro atoms. The second-order valence-corrected chi connectivity index (χ2v) is 9.29. The van der Waals surface area contributed by atoms with Crippen LogP contribution >= 0.6 is 11.6 Å². The molecule has 10 heteroatoms. The first-order valence-corrected chi connectivity index (χ1v) is 11.9. The van der Waals surface area contributed by atoms with E-state index in [0.29, 0.717) is 11.3 Å². The van der Waals surface area contributed by atoms with E-state index in [1.54, 1.807) is 25.4 Å². The van der Waals surface area contributed by atoms with Crippen molar-refractivity contribution in [2.75, 3.05) is 24.0 Å². The molecule has 8 nitrogen and oxygen atoms in total. The number of amides is 1. The van der Waals surface area contributed by atoms with Gasteiger partial charge >= 0.3 is 0 Å². The minimum atomic E-state index is -4.44. The molecule has 0 aliphatic carbocycles. The molecule has 2 heterocycles. The normalized spacial score (nSPS) is 14.5. The number of anilines is 2. The minimum absolute atomic E-state index is 0.0764. The van der Waals surface area contributed by atoms with Crippen molar-refractivity contribution < 1.29 is 17.8 Å². The number of hydrogen-bond acceptors (Lipinski definition) is 6. The molecule has 0 bridgehead atoms. The number of aromatic nitrogens is 1. The number of halogens is 1. The number of rotatable bonds is 4. The van der Waals surface area contributed by atoms with Crippen LogP contribution in [0.4, 0.5) is 11.4 Å². The van der Waals surface area contributed by atoms with Gasteiger partial charge in [-0.1, -0.05) is 29.8 Å². The van der Waals surface area contributed by atoms with E-state index in [-0.39, 0.29) is 15.6 Å². The first-order chi connectivity index (χ1) is 16.1. The summed E-state index contributed by atoms with van der Waals surface area (Å²) in [6.07, 6.45) is 5.21. The van der Waals surface area contributed by atoms with E-state index < -0.39 is 16.0 Å². The molecule has 0 atom stereocenters. The van der Waals surface area contributed by atoms with Gasteiger partial charge < -0.3 is 4.90 Å².